The molecule has 0 spiro atoms. The molecule has 6 nitrogen and oxygen atoms in total. The average Bonchev–Trinajstić information content (AvgIpc) is 2.95. The van der Waals surface area contributed by atoms with Crippen LogP contribution in [0.3, 0.4) is 0 Å². The minimum Gasteiger partial charge on any atom is -0.456 e. The summed E-state index contributed by atoms with van der Waals surface area (Å²) in [6.45, 7) is 4.07. The lowest BCUT2D eigenvalue weighted by Gasteiger charge is -2.05. The van der Waals surface area contributed by atoms with Crippen molar-refractivity contribution in [2.24, 2.45) is 5.92 Å². The van der Waals surface area contributed by atoms with Crippen LogP contribution in [0.1, 0.15) is 34.9 Å². The maximum atomic E-state index is 12.2. The van der Waals surface area contributed by atoms with Gasteiger partial charge in [-0.25, -0.2) is 9.78 Å². The quantitative estimate of drug-likeness (QED) is 0.637. The highest BCUT2D eigenvalue weighted by molar-refractivity contribution is 7.16. The summed E-state index contributed by atoms with van der Waals surface area (Å²) >= 11 is 7.34. The Labute approximate surface area is 153 Å². The van der Waals surface area contributed by atoms with E-state index in [1.807, 2.05) is 0 Å². The smallest absolute Gasteiger partial charge is 0.340 e. The maximum Gasteiger partial charge on any atom is 0.340 e. The Bertz CT molecular complexity index is 981. The highest BCUT2D eigenvalue weighted by Crippen LogP contribution is 2.17. The SMILES string of the molecule is CC(C)Cc1nn2c(=O)cc(COC(=O)c3ccccc3Cl)nc2s1. The van der Waals surface area contributed by atoms with Crippen LogP contribution in [0.2, 0.25) is 5.02 Å². The molecular formula is C17H16ClN3O3S. The van der Waals surface area contributed by atoms with Crippen molar-refractivity contribution in [1.82, 2.24) is 14.6 Å². The molecule has 0 saturated heterocycles. The zero-order valence-electron chi connectivity index (χ0n) is 13.7. The van der Waals surface area contributed by atoms with Gasteiger partial charge in [-0.2, -0.15) is 9.61 Å². The van der Waals surface area contributed by atoms with Gasteiger partial charge < -0.3 is 4.74 Å². The van der Waals surface area contributed by atoms with Crippen molar-refractivity contribution in [2.45, 2.75) is 26.9 Å². The number of nitrogens with zero attached hydrogens (tertiary/aromatic N) is 3. The van der Waals surface area contributed by atoms with E-state index >= 15 is 0 Å². The minimum atomic E-state index is -0.558. The van der Waals surface area contributed by atoms with Gasteiger partial charge in [-0.3, -0.25) is 4.79 Å². The van der Waals surface area contributed by atoms with Gasteiger partial charge in [-0.1, -0.05) is 48.9 Å². The summed E-state index contributed by atoms with van der Waals surface area (Å²) in [5, 5.41) is 5.45. The number of halogens is 1. The molecule has 3 aromatic rings. The predicted molar refractivity (Wildman–Crippen MR) is 96.2 cm³/mol. The number of benzene rings is 1. The number of carbonyl (C=O) groups excluding carboxylic acids is 1. The number of carbonyl (C=O) groups is 1. The molecule has 0 bridgehead atoms. The maximum absolute atomic E-state index is 12.2. The number of ether oxygens (including phenoxy) is 1. The second-order valence-corrected chi connectivity index (χ2v) is 7.38. The fourth-order valence-electron chi connectivity index (χ4n) is 2.25. The van der Waals surface area contributed by atoms with Crippen molar-refractivity contribution < 1.29 is 9.53 Å². The molecule has 0 fully saturated rings. The number of hydrogen-bond donors (Lipinski definition) is 0. The predicted octanol–water partition coefficient (Wildman–Crippen LogP) is 3.36. The molecule has 0 saturated carbocycles. The first-order chi connectivity index (χ1) is 11.9. The first kappa shape index (κ1) is 17.6. The van der Waals surface area contributed by atoms with E-state index in [4.69, 9.17) is 16.3 Å². The van der Waals surface area contributed by atoms with E-state index in [0.717, 1.165) is 11.4 Å². The lowest BCUT2D eigenvalue weighted by molar-refractivity contribution is 0.0468. The minimum absolute atomic E-state index is 0.104. The molecule has 130 valence electrons. The number of aromatic nitrogens is 3. The van der Waals surface area contributed by atoms with E-state index in [1.165, 1.54) is 21.9 Å². The molecule has 1 aromatic carbocycles. The summed E-state index contributed by atoms with van der Waals surface area (Å²) < 4.78 is 6.50. The van der Waals surface area contributed by atoms with Gasteiger partial charge in [0.25, 0.3) is 5.56 Å². The molecule has 3 rings (SSSR count). The van der Waals surface area contributed by atoms with Gasteiger partial charge >= 0.3 is 5.97 Å². The summed E-state index contributed by atoms with van der Waals surface area (Å²) in [6, 6.07) is 7.95. The standard InChI is InChI=1S/C17H16ClN3O3S/c1-10(2)7-14-20-21-15(22)8-11(19-17(21)25-14)9-24-16(23)12-5-3-4-6-13(12)18/h3-6,8,10H,7,9H2,1-2H3. The van der Waals surface area contributed by atoms with Crippen LogP contribution in [0.4, 0.5) is 0 Å². The normalized spacial score (nSPS) is 11.2. The zero-order valence-corrected chi connectivity index (χ0v) is 15.3. The first-order valence-electron chi connectivity index (χ1n) is 7.74. The largest absolute Gasteiger partial charge is 0.456 e. The topological polar surface area (TPSA) is 73.6 Å². The molecule has 0 radical (unpaired) electrons. The Morgan fingerprint density at radius 3 is 2.84 bits per heavy atom. The van der Waals surface area contributed by atoms with Gasteiger partial charge in [0, 0.05) is 12.5 Å². The second-order valence-electron chi connectivity index (χ2n) is 5.93. The Morgan fingerprint density at radius 1 is 1.36 bits per heavy atom. The molecule has 25 heavy (non-hydrogen) atoms. The molecule has 0 atom stereocenters. The number of hydrogen-bond acceptors (Lipinski definition) is 6. The Morgan fingerprint density at radius 2 is 2.12 bits per heavy atom. The summed E-state index contributed by atoms with van der Waals surface area (Å²) in [7, 11) is 0. The first-order valence-corrected chi connectivity index (χ1v) is 8.94. The summed E-state index contributed by atoms with van der Waals surface area (Å²) in [4.78, 5) is 29.1. The third-order valence-corrected chi connectivity index (χ3v) is 4.63. The number of esters is 1. The van der Waals surface area contributed by atoms with Crippen molar-refractivity contribution >= 4 is 33.9 Å². The molecule has 0 N–H and O–H groups in total. The van der Waals surface area contributed by atoms with Crippen LogP contribution >= 0.6 is 22.9 Å². The van der Waals surface area contributed by atoms with Crippen LogP contribution in [0.25, 0.3) is 4.96 Å². The van der Waals surface area contributed by atoms with Gasteiger partial charge in [-0.05, 0) is 18.1 Å². The monoisotopic (exact) mass is 377 g/mol. The van der Waals surface area contributed by atoms with E-state index in [9.17, 15) is 9.59 Å². The molecule has 2 aromatic heterocycles. The number of rotatable bonds is 5. The van der Waals surface area contributed by atoms with Gasteiger partial charge in [-0.15, -0.1) is 0 Å². The van der Waals surface area contributed by atoms with Crippen LogP contribution in [-0.4, -0.2) is 20.6 Å². The third-order valence-electron chi connectivity index (χ3n) is 3.37. The summed E-state index contributed by atoms with van der Waals surface area (Å²) in [6.07, 6.45) is 0.782. The molecule has 2 heterocycles. The van der Waals surface area contributed by atoms with Crippen molar-refractivity contribution in [3.05, 3.63) is 62.0 Å². The summed E-state index contributed by atoms with van der Waals surface area (Å²) in [5.41, 5.74) is 0.365. The lowest BCUT2D eigenvalue weighted by atomic mass is 10.1. The van der Waals surface area contributed by atoms with Crippen LogP contribution < -0.4 is 5.56 Å². The fraction of sp³-hybridized carbons (Fsp3) is 0.294. The third kappa shape index (κ3) is 4.05. The van der Waals surface area contributed by atoms with Crippen LogP contribution in [0.5, 0.6) is 0 Å². The molecule has 0 amide bonds. The average molecular weight is 378 g/mol. The van der Waals surface area contributed by atoms with Crippen molar-refractivity contribution in [3.63, 3.8) is 0 Å². The molecule has 8 heteroatoms. The lowest BCUT2D eigenvalue weighted by Crippen LogP contribution is -2.17. The zero-order chi connectivity index (χ0) is 18.0. The van der Waals surface area contributed by atoms with Crippen LogP contribution in [0, 0.1) is 5.92 Å². The Hall–Kier alpha value is -2.25. The van der Waals surface area contributed by atoms with E-state index in [0.29, 0.717) is 21.6 Å². The second kappa shape index (κ2) is 7.33. The van der Waals surface area contributed by atoms with Crippen LogP contribution in [-0.2, 0) is 17.8 Å². The highest BCUT2D eigenvalue weighted by Gasteiger charge is 2.14. The van der Waals surface area contributed by atoms with Crippen molar-refractivity contribution in [3.8, 4) is 0 Å². The van der Waals surface area contributed by atoms with Gasteiger partial charge in [0.2, 0.25) is 4.96 Å². The van der Waals surface area contributed by atoms with Gasteiger partial charge in [0.05, 0.1) is 16.3 Å². The van der Waals surface area contributed by atoms with Crippen molar-refractivity contribution in [2.75, 3.05) is 0 Å². The molecule has 0 unspecified atom stereocenters. The molecule has 0 aliphatic carbocycles. The van der Waals surface area contributed by atoms with E-state index < -0.39 is 5.97 Å². The van der Waals surface area contributed by atoms with Crippen molar-refractivity contribution in [1.29, 1.82) is 0 Å². The molecule has 0 aliphatic heterocycles. The van der Waals surface area contributed by atoms with E-state index in [2.05, 4.69) is 23.9 Å². The summed E-state index contributed by atoms with van der Waals surface area (Å²) in [5.74, 6) is -0.121. The fourth-order valence-corrected chi connectivity index (χ4v) is 3.59. The number of fused-ring (bicyclic) bond motifs is 1. The van der Waals surface area contributed by atoms with E-state index in [1.54, 1.807) is 24.3 Å². The molecular weight excluding hydrogens is 362 g/mol. The van der Waals surface area contributed by atoms with Gasteiger partial charge in [0.1, 0.15) is 11.6 Å². The Kier molecular flexibility index (Phi) is 5.15. The van der Waals surface area contributed by atoms with Gasteiger partial charge in [0.15, 0.2) is 0 Å². The van der Waals surface area contributed by atoms with E-state index in [-0.39, 0.29) is 17.7 Å². The highest BCUT2D eigenvalue weighted by atomic mass is 35.5. The Balaban J connectivity index is 1.79. The van der Waals surface area contributed by atoms with Crippen LogP contribution in [0.15, 0.2) is 35.1 Å². The molecule has 0 aliphatic rings.